The molecule has 1 amide bonds. The quantitative estimate of drug-likeness (QED) is 0.456. The van der Waals surface area contributed by atoms with Gasteiger partial charge in [0.2, 0.25) is 5.91 Å². The molecule has 2 atom stereocenters. The summed E-state index contributed by atoms with van der Waals surface area (Å²) in [6.45, 7) is 12.4. The predicted octanol–water partition coefficient (Wildman–Crippen LogP) is 4.60. The number of piperazine rings is 1. The van der Waals surface area contributed by atoms with E-state index in [-0.39, 0.29) is 40.6 Å². The Morgan fingerprint density at radius 3 is 2.59 bits per heavy atom. The van der Waals surface area contributed by atoms with Crippen molar-refractivity contribution in [1.29, 1.82) is 0 Å². The number of aromatic hydroxyl groups is 1. The third-order valence-corrected chi connectivity index (χ3v) is 7.62. The normalized spacial score (nSPS) is 19.4. The summed E-state index contributed by atoms with van der Waals surface area (Å²) in [7, 11) is 0. The average Bonchev–Trinajstić information content (AvgIpc) is 2.93. The predicted molar refractivity (Wildman–Crippen MR) is 155 cm³/mol. The molecule has 1 saturated heterocycles. The molecule has 0 radical (unpaired) electrons. The number of aromatic nitrogens is 3. The lowest BCUT2D eigenvalue weighted by molar-refractivity contribution is -0.126. The van der Waals surface area contributed by atoms with Crippen LogP contribution in [0.1, 0.15) is 34.1 Å². The topological polar surface area (TPSA) is 104 Å². The van der Waals surface area contributed by atoms with Crippen LogP contribution in [0.4, 0.5) is 14.6 Å². The lowest BCUT2D eigenvalue weighted by atomic mass is 9.95. The van der Waals surface area contributed by atoms with Crippen molar-refractivity contribution in [2.75, 3.05) is 24.5 Å². The number of hydrogen-bond donors (Lipinski definition) is 1. The lowest BCUT2D eigenvalue weighted by Crippen LogP contribution is -2.54. The summed E-state index contributed by atoms with van der Waals surface area (Å²) in [5, 5.41) is 10.7. The van der Waals surface area contributed by atoms with Crippen molar-refractivity contribution >= 4 is 34.7 Å². The molecule has 1 aromatic carbocycles. The number of pyridine rings is 1. The van der Waals surface area contributed by atoms with E-state index in [9.17, 15) is 19.1 Å². The second-order valence-electron chi connectivity index (χ2n) is 10.8. The molecule has 5 rings (SSSR count). The smallest absolute Gasteiger partial charge is 0.355 e. The van der Waals surface area contributed by atoms with E-state index >= 15 is 4.39 Å². The molecule has 0 bridgehead atoms. The minimum Gasteiger partial charge on any atom is -0.507 e. The SMILES string of the molecule is C=CC(=O)N1CCN(c2nc(=O)n(C3=C(C(C)C)N=CC[C@@H]3C)c3nc(-c4c(O)cccc4F)c(F)cc23)[C@H](C)C1. The third-order valence-electron chi connectivity index (χ3n) is 7.62. The zero-order chi connectivity index (χ0) is 29.6. The van der Waals surface area contributed by atoms with Crippen LogP contribution < -0.4 is 10.6 Å². The Labute approximate surface area is 236 Å². The van der Waals surface area contributed by atoms with Gasteiger partial charge in [0, 0.05) is 37.8 Å². The number of allylic oxidation sites excluding steroid dienone is 2. The molecule has 0 saturated carbocycles. The number of amides is 1. The standard InChI is InChI=1S/C30H32F2N6O3/c1-6-23(40)36-12-13-37(18(5)15-36)28-19-14-21(32)26(24-20(31)8-7-9-22(24)39)34-29(19)38(30(41)35-28)27-17(4)10-11-33-25(27)16(2)3/h6-9,11,14,16-18,39H,1,10,12-13,15H2,2-5H3/t17-,18+/m0/s1. The monoisotopic (exact) mass is 562 g/mol. The highest BCUT2D eigenvalue weighted by Gasteiger charge is 2.32. The van der Waals surface area contributed by atoms with Crippen molar-refractivity contribution < 1.29 is 18.7 Å². The molecule has 0 unspecified atom stereocenters. The number of aliphatic imine (C=N–C) groups is 1. The van der Waals surface area contributed by atoms with Crippen LogP contribution in [0.3, 0.4) is 0 Å². The summed E-state index contributed by atoms with van der Waals surface area (Å²) in [6.07, 6.45) is 3.63. The van der Waals surface area contributed by atoms with Crippen molar-refractivity contribution in [2.45, 2.75) is 40.2 Å². The van der Waals surface area contributed by atoms with E-state index in [4.69, 9.17) is 0 Å². The van der Waals surface area contributed by atoms with Gasteiger partial charge in [-0.1, -0.05) is 33.4 Å². The Kier molecular flexibility index (Phi) is 7.46. The van der Waals surface area contributed by atoms with E-state index in [1.54, 1.807) is 11.1 Å². The minimum atomic E-state index is -0.882. The van der Waals surface area contributed by atoms with Crippen molar-refractivity contribution in [3.8, 4) is 17.0 Å². The molecule has 0 aliphatic carbocycles. The summed E-state index contributed by atoms with van der Waals surface area (Å²) in [4.78, 5) is 43.2. The Balaban J connectivity index is 1.82. The Morgan fingerprint density at radius 1 is 1.17 bits per heavy atom. The fourth-order valence-corrected chi connectivity index (χ4v) is 5.58. The molecule has 11 heteroatoms. The van der Waals surface area contributed by atoms with Gasteiger partial charge >= 0.3 is 5.69 Å². The molecule has 0 spiro atoms. The summed E-state index contributed by atoms with van der Waals surface area (Å²) in [5.74, 6) is -2.38. The van der Waals surface area contributed by atoms with E-state index < -0.39 is 34.3 Å². The van der Waals surface area contributed by atoms with Gasteiger partial charge in [-0.25, -0.2) is 23.1 Å². The first-order chi connectivity index (χ1) is 19.5. The summed E-state index contributed by atoms with van der Waals surface area (Å²) >= 11 is 0. The van der Waals surface area contributed by atoms with Gasteiger partial charge < -0.3 is 14.9 Å². The van der Waals surface area contributed by atoms with Crippen LogP contribution in [-0.4, -0.2) is 62.3 Å². The Bertz CT molecular complexity index is 1660. The highest BCUT2D eigenvalue weighted by molar-refractivity contribution is 5.92. The van der Waals surface area contributed by atoms with E-state index in [1.807, 2.05) is 32.6 Å². The van der Waals surface area contributed by atoms with E-state index in [1.165, 1.54) is 28.8 Å². The van der Waals surface area contributed by atoms with Gasteiger partial charge in [-0.3, -0.25) is 9.79 Å². The number of carbonyl (C=O) groups excluding carboxylic acids is 1. The largest absolute Gasteiger partial charge is 0.507 e. The molecule has 41 heavy (non-hydrogen) atoms. The second-order valence-corrected chi connectivity index (χ2v) is 10.8. The fourth-order valence-electron chi connectivity index (χ4n) is 5.58. The number of hydrogen-bond acceptors (Lipinski definition) is 7. The fraction of sp³-hybridized carbons (Fsp3) is 0.367. The molecule has 2 aromatic heterocycles. The van der Waals surface area contributed by atoms with Crippen LogP contribution in [0.15, 0.2) is 52.4 Å². The molecule has 2 aliphatic rings. The molecule has 214 valence electrons. The van der Waals surface area contributed by atoms with Gasteiger partial charge in [0.25, 0.3) is 0 Å². The zero-order valence-corrected chi connectivity index (χ0v) is 23.4. The highest BCUT2D eigenvalue weighted by Crippen LogP contribution is 2.38. The van der Waals surface area contributed by atoms with Crippen molar-refractivity contribution in [2.24, 2.45) is 16.8 Å². The van der Waals surface area contributed by atoms with E-state index in [2.05, 4.69) is 21.5 Å². The maximum Gasteiger partial charge on any atom is 0.355 e. The molecule has 2 aliphatic heterocycles. The maximum absolute atomic E-state index is 15.8. The second kappa shape index (κ2) is 10.9. The molecular formula is C30H32F2N6O3. The number of benzene rings is 1. The van der Waals surface area contributed by atoms with Crippen LogP contribution in [0.2, 0.25) is 0 Å². The molecule has 1 fully saturated rings. The minimum absolute atomic E-state index is 0.0448. The van der Waals surface area contributed by atoms with Crippen molar-refractivity contribution in [3.63, 3.8) is 0 Å². The summed E-state index contributed by atoms with van der Waals surface area (Å²) in [5.41, 5.74) is -0.118. The van der Waals surface area contributed by atoms with Crippen LogP contribution in [0, 0.1) is 23.5 Å². The number of phenols is 1. The highest BCUT2D eigenvalue weighted by atomic mass is 19.1. The number of fused-ring (bicyclic) bond motifs is 1. The van der Waals surface area contributed by atoms with Crippen LogP contribution >= 0.6 is 0 Å². The molecule has 4 heterocycles. The first-order valence-electron chi connectivity index (χ1n) is 13.6. The third kappa shape index (κ3) is 4.89. The lowest BCUT2D eigenvalue weighted by Gasteiger charge is -2.40. The number of rotatable bonds is 5. The number of anilines is 1. The van der Waals surface area contributed by atoms with E-state index in [0.29, 0.717) is 37.4 Å². The summed E-state index contributed by atoms with van der Waals surface area (Å²) < 4.78 is 32.1. The van der Waals surface area contributed by atoms with Crippen LogP contribution in [0.25, 0.3) is 28.0 Å². The van der Waals surface area contributed by atoms with Gasteiger partial charge in [-0.2, -0.15) is 4.98 Å². The van der Waals surface area contributed by atoms with Crippen molar-refractivity contribution in [3.05, 3.63) is 64.7 Å². The molecule has 1 N–H and O–H groups in total. The first kappa shape index (κ1) is 28.1. The Hall–Kier alpha value is -4.41. The first-order valence-corrected chi connectivity index (χ1v) is 13.6. The summed E-state index contributed by atoms with van der Waals surface area (Å²) in [6, 6.07) is 4.58. The number of phenolic OH excluding ortho intramolecular Hbond substituents is 1. The van der Waals surface area contributed by atoms with Crippen LogP contribution in [0.5, 0.6) is 5.75 Å². The number of carbonyl (C=O) groups is 1. The maximum atomic E-state index is 15.8. The van der Waals surface area contributed by atoms with Crippen molar-refractivity contribution in [1.82, 2.24) is 19.4 Å². The van der Waals surface area contributed by atoms with Gasteiger partial charge in [0.15, 0.2) is 11.5 Å². The zero-order valence-electron chi connectivity index (χ0n) is 23.4. The number of nitrogens with zero attached hydrogens (tertiary/aromatic N) is 6. The van der Waals surface area contributed by atoms with Gasteiger partial charge in [-0.15, -0.1) is 0 Å². The van der Waals surface area contributed by atoms with Crippen LogP contribution in [-0.2, 0) is 4.79 Å². The molecular weight excluding hydrogens is 530 g/mol. The van der Waals surface area contributed by atoms with E-state index in [0.717, 1.165) is 6.07 Å². The number of halogens is 2. The average molecular weight is 563 g/mol. The Morgan fingerprint density at radius 2 is 1.93 bits per heavy atom. The van der Waals surface area contributed by atoms with Gasteiger partial charge in [-0.05, 0) is 43.5 Å². The van der Waals surface area contributed by atoms with Gasteiger partial charge in [0.05, 0.1) is 22.3 Å². The van der Waals surface area contributed by atoms with Gasteiger partial charge in [0.1, 0.15) is 23.1 Å². The molecule has 9 nitrogen and oxygen atoms in total. The molecule has 3 aromatic rings.